The van der Waals surface area contributed by atoms with Gasteiger partial charge >= 0.3 is 0 Å². The lowest BCUT2D eigenvalue weighted by molar-refractivity contribution is -0.121. The van der Waals surface area contributed by atoms with Crippen LogP contribution in [0.1, 0.15) is 24.5 Å². The van der Waals surface area contributed by atoms with Crippen molar-refractivity contribution in [2.75, 3.05) is 11.4 Å². The Labute approximate surface area is 132 Å². The Balaban J connectivity index is 1.51. The van der Waals surface area contributed by atoms with Gasteiger partial charge in [-0.15, -0.1) is 0 Å². The predicted molar refractivity (Wildman–Crippen MR) is 89.9 cm³/mol. The molecule has 0 fully saturated rings. The number of carbonyl (C=O) groups excluding carboxylic acids is 1. The Kier molecular flexibility index (Phi) is 4.42. The van der Waals surface area contributed by atoms with Gasteiger partial charge in [0.1, 0.15) is 0 Å². The standard InChI is InChI=1S/C19H22N2O/c1-15-13-17-9-5-6-10-18(17)21(15)12-11-19(22)20-14-16-7-3-2-4-8-16/h2-10,15H,11-14H2,1H3,(H,20,22). The molecule has 2 aromatic rings. The largest absolute Gasteiger partial charge is 0.368 e. The lowest BCUT2D eigenvalue weighted by Crippen LogP contribution is -2.34. The zero-order valence-electron chi connectivity index (χ0n) is 13.0. The van der Waals surface area contributed by atoms with Crippen molar-refractivity contribution in [3.05, 3.63) is 65.7 Å². The fourth-order valence-electron chi connectivity index (χ4n) is 3.08. The summed E-state index contributed by atoms with van der Waals surface area (Å²) in [5.41, 5.74) is 3.81. The first-order valence-electron chi connectivity index (χ1n) is 7.89. The number of carbonyl (C=O) groups is 1. The number of fused-ring (bicyclic) bond motifs is 1. The number of rotatable bonds is 5. The second-order valence-corrected chi connectivity index (χ2v) is 5.89. The average Bonchev–Trinajstić information content (AvgIpc) is 2.87. The molecule has 3 heteroatoms. The van der Waals surface area contributed by atoms with Gasteiger partial charge in [-0.1, -0.05) is 48.5 Å². The number of benzene rings is 2. The molecule has 1 N–H and O–H groups in total. The van der Waals surface area contributed by atoms with Gasteiger partial charge in [0.2, 0.25) is 5.91 Å². The van der Waals surface area contributed by atoms with Crippen LogP contribution in [-0.4, -0.2) is 18.5 Å². The molecule has 1 heterocycles. The molecule has 0 aromatic heterocycles. The first-order chi connectivity index (χ1) is 10.7. The Morgan fingerprint density at radius 1 is 1.14 bits per heavy atom. The molecule has 0 saturated heterocycles. The van der Waals surface area contributed by atoms with Crippen LogP contribution >= 0.6 is 0 Å². The second-order valence-electron chi connectivity index (χ2n) is 5.89. The van der Waals surface area contributed by atoms with Gasteiger partial charge in [-0.2, -0.15) is 0 Å². The van der Waals surface area contributed by atoms with Crippen molar-refractivity contribution in [2.45, 2.75) is 32.4 Å². The van der Waals surface area contributed by atoms with Crippen molar-refractivity contribution in [3.8, 4) is 0 Å². The van der Waals surface area contributed by atoms with E-state index < -0.39 is 0 Å². The van der Waals surface area contributed by atoms with Gasteiger partial charge in [-0.25, -0.2) is 0 Å². The molecule has 114 valence electrons. The highest BCUT2D eigenvalue weighted by molar-refractivity contribution is 5.76. The van der Waals surface area contributed by atoms with Crippen LogP contribution in [0, 0.1) is 0 Å². The van der Waals surface area contributed by atoms with Gasteiger partial charge in [0, 0.05) is 31.2 Å². The molecule has 0 aliphatic carbocycles. The van der Waals surface area contributed by atoms with E-state index in [0.717, 1.165) is 18.5 Å². The van der Waals surface area contributed by atoms with Gasteiger partial charge in [0.05, 0.1) is 0 Å². The van der Waals surface area contributed by atoms with Gasteiger partial charge < -0.3 is 10.2 Å². The van der Waals surface area contributed by atoms with Crippen LogP contribution in [0.25, 0.3) is 0 Å². The van der Waals surface area contributed by atoms with Crippen molar-refractivity contribution in [1.82, 2.24) is 5.32 Å². The summed E-state index contributed by atoms with van der Waals surface area (Å²) in [5.74, 6) is 0.112. The molecule has 1 aliphatic heterocycles. The smallest absolute Gasteiger partial charge is 0.222 e. The maximum Gasteiger partial charge on any atom is 0.222 e. The fraction of sp³-hybridized carbons (Fsp3) is 0.316. The molecule has 0 radical (unpaired) electrons. The van der Waals surface area contributed by atoms with E-state index in [0.29, 0.717) is 19.0 Å². The highest BCUT2D eigenvalue weighted by atomic mass is 16.1. The van der Waals surface area contributed by atoms with Crippen LogP contribution in [0.3, 0.4) is 0 Å². The minimum atomic E-state index is 0.112. The average molecular weight is 294 g/mol. The fourth-order valence-corrected chi connectivity index (χ4v) is 3.08. The summed E-state index contributed by atoms with van der Waals surface area (Å²) in [4.78, 5) is 14.4. The van der Waals surface area contributed by atoms with E-state index in [1.165, 1.54) is 11.3 Å². The molecule has 0 bridgehead atoms. The normalized spacial score (nSPS) is 16.4. The number of para-hydroxylation sites is 1. The Morgan fingerprint density at radius 3 is 2.68 bits per heavy atom. The highest BCUT2D eigenvalue weighted by Gasteiger charge is 2.25. The first-order valence-corrected chi connectivity index (χ1v) is 7.89. The molecule has 1 atom stereocenters. The summed E-state index contributed by atoms with van der Waals surface area (Å²) < 4.78 is 0. The lowest BCUT2D eigenvalue weighted by atomic mass is 10.1. The number of nitrogens with zero attached hydrogens (tertiary/aromatic N) is 1. The van der Waals surface area contributed by atoms with E-state index in [-0.39, 0.29) is 5.91 Å². The minimum Gasteiger partial charge on any atom is -0.368 e. The summed E-state index contributed by atoms with van der Waals surface area (Å²) in [6, 6.07) is 19.0. The van der Waals surface area contributed by atoms with Gasteiger partial charge in [0.15, 0.2) is 0 Å². The maximum absolute atomic E-state index is 12.1. The lowest BCUT2D eigenvalue weighted by Gasteiger charge is -2.24. The molecule has 1 amide bonds. The summed E-state index contributed by atoms with van der Waals surface area (Å²) in [7, 11) is 0. The summed E-state index contributed by atoms with van der Waals surface area (Å²) in [5, 5.41) is 3.00. The molecule has 1 aliphatic rings. The Morgan fingerprint density at radius 2 is 1.86 bits per heavy atom. The van der Waals surface area contributed by atoms with E-state index >= 15 is 0 Å². The van der Waals surface area contributed by atoms with E-state index in [2.05, 4.69) is 41.4 Å². The van der Waals surface area contributed by atoms with E-state index in [1.54, 1.807) is 0 Å². The second kappa shape index (κ2) is 6.65. The number of hydrogen-bond acceptors (Lipinski definition) is 2. The van der Waals surface area contributed by atoms with E-state index in [1.807, 2.05) is 30.3 Å². The van der Waals surface area contributed by atoms with E-state index in [9.17, 15) is 4.79 Å². The first kappa shape index (κ1) is 14.6. The van der Waals surface area contributed by atoms with Gasteiger partial charge in [-0.05, 0) is 30.5 Å². The monoisotopic (exact) mass is 294 g/mol. The van der Waals surface area contributed by atoms with Crippen molar-refractivity contribution in [2.24, 2.45) is 0 Å². The third kappa shape index (κ3) is 3.30. The van der Waals surface area contributed by atoms with Crippen molar-refractivity contribution < 1.29 is 4.79 Å². The van der Waals surface area contributed by atoms with Crippen molar-refractivity contribution in [1.29, 1.82) is 0 Å². The van der Waals surface area contributed by atoms with Gasteiger partial charge in [-0.3, -0.25) is 4.79 Å². The zero-order valence-corrected chi connectivity index (χ0v) is 13.0. The van der Waals surface area contributed by atoms with Gasteiger partial charge in [0.25, 0.3) is 0 Å². The number of amides is 1. The molecule has 1 unspecified atom stereocenters. The van der Waals surface area contributed by atoms with Crippen molar-refractivity contribution >= 4 is 11.6 Å². The van der Waals surface area contributed by atoms with Crippen LogP contribution in [0.5, 0.6) is 0 Å². The van der Waals surface area contributed by atoms with Crippen LogP contribution in [0.4, 0.5) is 5.69 Å². The molecule has 3 rings (SSSR count). The maximum atomic E-state index is 12.1. The molecular weight excluding hydrogens is 272 g/mol. The number of nitrogens with one attached hydrogen (secondary N) is 1. The highest BCUT2D eigenvalue weighted by Crippen LogP contribution is 2.31. The molecule has 22 heavy (non-hydrogen) atoms. The topological polar surface area (TPSA) is 32.3 Å². The van der Waals surface area contributed by atoms with E-state index in [4.69, 9.17) is 0 Å². The molecule has 3 nitrogen and oxygen atoms in total. The number of hydrogen-bond donors (Lipinski definition) is 1. The third-order valence-electron chi connectivity index (χ3n) is 4.26. The van der Waals surface area contributed by atoms with Crippen LogP contribution in [0.2, 0.25) is 0 Å². The Bertz CT molecular complexity index is 639. The summed E-state index contributed by atoms with van der Waals surface area (Å²) in [6.07, 6.45) is 1.60. The minimum absolute atomic E-state index is 0.112. The molecule has 0 spiro atoms. The van der Waals surface area contributed by atoms with Crippen LogP contribution in [-0.2, 0) is 17.8 Å². The Hall–Kier alpha value is -2.29. The predicted octanol–water partition coefficient (Wildman–Crippen LogP) is 3.14. The number of anilines is 1. The zero-order chi connectivity index (χ0) is 15.4. The molecule has 0 saturated carbocycles. The molecular formula is C19H22N2O. The third-order valence-corrected chi connectivity index (χ3v) is 4.26. The summed E-state index contributed by atoms with van der Waals surface area (Å²) >= 11 is 0. The SMILES string of the molecule is CC1Cc2ccccc2N1CCC(=O)NCc1ccccc1. The summed E-state index contributed by atoms with van der Waals surface area (Å²) in [6.45, 7) is 3.60. The quantitative estimate of drug-likeness (QED) is 0.919. The van der Waals surface area contributed by atoms with Crippen LogP contribution < -0.4 is 10.2 Å². The van der Waals surface area contributed by atoms with Crippen LogP contribution in [0.15, 0.2) is 54.6 Å². The molecule has 2 aromatic carbocycles. The van der Waals surface area contributed by atoms with Crippen molar-refractivity contribution in [3.63, 3.8) is 0 Å².